The standard InChI is InChI=1S/C21H25N5O.ClH/c27-21(7-6-15-12-16-13-22-9-3-10-26(16)24-15)25-11-8-18-17-4-1-2-5-19(17)23-20(18)14-25;/h1-2,4-5,12,22-23H,3,6-11,13-14H2;1H. The molecule has 148 valence electrons. The van der Waals surface area contributed by atoms with E-state index in [1.807, 2.05) is 4.90 Å². The molecule has 7 heteroatoms. The lowest BCUT2D eigenvalue weighted by molar-refractivity contribution is -0.132. The Bertz CT molecular complexity index is 969. The van der Waals surface area contributed by atoms with Crippen LogP contribution in [0.25, 0.3) is 10.9 Å². The minimum absolute atomic E-state index is 0. The van der Waals surface area contributed by atoms with Gasteiger partial charge in [0.25, 0.3) is 0 Å². The monoisotopic (exact) mass is 399 g/mol. The van der Waals surface area contributed by atoms with Gasteiger partial charge in [-0.15, -0.1) is 12.4 Å². The number of H-pyrrole nitrogens is 1. The van der Waals surface area contributed by atoms with Crippen LogP contribution in [0.3, 0.4) is 0 Å². The summed E-state index contributed by atoms with van der Waals surface area (Å²) in [5.74, 6) is 0.223. The van der Waals surface area contributed by atoms with Crippen LogP contribution in [0.2, 0.25) is 0 Å². The molecular formula is C21H26ClN5O. The molecule has 0 aliphatic carbocycles. The number of halogens is 1. The van der Waals surface area contributed by atoms with Crippen LogP contribution in [0, 0.1) is 0 Å². The second-order valence-corrected chi connectivity index (χ2v) is 7.57. The summed E-state index contributed by atoms with van der Waals surface area (Å²) in [6.45, 7) is 4.37. The van der Waals surface area contributed by atoms with Crippen LogP contribution in [0.5, 0.6) is 0 Å². The molecule has 0 atom stereocenters. The van der Waals surface area contributed by atoms with Crippen molar-refractivity contribution >= 4 is 29.2 Å². The molecule has 0 spiro atoms. The molecule has 0 saturated carbocycles. The second-order valence-electron chi connectivity index (χ2n) is 7.57. The highest BCUT2D eigenvalue weighted by Gasteiger charge is 2.24. The van der Waals surface area contributed by atoms with Gasteiger partial charge in [0.1, 0.15) is 0 Å². The summed E-state index contributed by atoms with van der Waals surface area (Å²) in [7, 11) is 0. The zero-order valence-corrected chi connectivity index (χ0v) is 16.7. The first kappa shape index (κ1) is 19.0. The van der Waals surface area contributed by atoms with Crippen molar-refractivity contribution in [3.05, 3.63) is 53.0 Å². The van der Waals surface area contributed by atoms with E-state index in [1.165, 1.54) is 27.9 Å². The Morgan fingerprint density at radius 3 is 3.04 bits per heavy atom. The number of aromatic nitrogens is 3. The molecule has 0 bridgehead atoms. The van der Waals surface area contributed by atoms with Gasteiger partial charge in [0.2, 0.25) is 5.91 Å². The molecule has 0 unspecified atom stereocenters. The fourth-order valence-corrected chi connectivity index (χ4v) is 4.34. The summed E-state index contributed by atoms with van der Waals surface area (Å²) in [5, 5.41) is 9.41. The zero-order valence-electron chi connectivity index (χ0n) is 15.9. The van der Waals surface area contributed by atoms with Gasteiger partial charge in [-0.05, 0) is 37.1 Å². The Morgan fingerprint density at radius 1 is 1.21 bits per heavy atom. The van der Waals surface area contributed by atoms with E-state index in [0.717, 1.165) is 51.1 Å². The molecule has 2 aliphatic heterocycles. The van der Waals surface area contributed by atoms with Gasteiger partial charge in [-0.3, -0.25) is 9.48 Å². The number of fused-ring (bicyclic) bond motifs is 4. The van der Waals surface area contributed by atoms with E-state index in [4.69, 9.17) is 5.10 Å². The molecule has 0 saturated heterocycles. The predicted octanol–water partition coefficient (Wildman–Crippen LogP) is 2.80. The first-order valence-corrected chi connectivity index (χ1v) is 9.90. The van der Waals surface area contributed by atoms with Crippen LogP contribution in [-0.4, -0.2) is 38.7 Å². The number of para-hydroxylation sites is 1. The fraction of sp³-hybridized carbons (Fsp3) is 0.429. The van der Waals surface area contributed by atoms with E-state index in [0.29, 0.717) is 13.0 Å². The Kier molecular flexibility index (Phi) is 5.42. The number of carbonyl (C=O) groups is 1. The molecule has 28 heavy (non-hydrogen) atoms. The summed E-state index contributed by atoms with van der Waals surface area (Å²) >= 11 is 0. The Labute approximate surface area is 170 Å². The van der Waals surface area contributed by atoms with Crippen molar-refractivity contribution in [2.24, 2.45) is 0 Å². The van der Waals surface area contributed by atoms with E-state index in [2.05, 4.69) is 45.3 Å². The minimum atomic E-state index is 0. The molecule has 0 fully saturated rings. The normalized spacial score (nSPS) is 16.2. The van der Waals surface area contributed by atoms with Crippen molar-refractivity contribution in [2.45, 2.75) is 45.3 Å². The lowest BCUT2D eigenvalue weighted by atomic mass is 10.0. The third-order valence-electron chi connectivity index (χ3n) is 5.77. The number of nitrogens with zero attached hydrogens (tertiary/aromatic N) is 3. The highest BCUT2D eigenvalue weighted by molar-refractivity contribution is 5.86. The zero-order chi connectivity index (χ0) is 18.2. The number of hydrogen-bond acceptors (Lipinski definition) is 3. The number of aryl methyl sites for hydroxylation is 2. The van der Waals surface area contributed by atoms with Gasteiger partial charge < -0.3 is 15.2 Å². The lowest BCUT2D eigenvalue weighted by Gasteiger charge is -2.27. The van der Waals surface area contributed by atoms with Gasteiger partial charge >= 0.3 is 0 Å². The molecule has 2 N–H and O–H groups in total. The number of carbonyl (C=O) groups excluding carboxylic acids is 1. The van der Waals surface area contributed by atoms with Gasteiger partial charge in [0.05, 0.1) is 17.9 Å². The van der Waals surface area contributed by atoms with Crippen LogP contribution in [0.15, 0.2) is 30.3 Å². The summed E-state index contributed by atoms with van der Waals surface area (Å²) in [5.41, 5.74) is 6.00. The molecule has 2 aliphatic rings. The molecule has 1 aromatic carbocycles. The predicted molar refractivity (Wildman–Crippen MR) is 112 cm³/mol. The van der Waals surface area contributed by atoms with Crippen LogP contribution in [0.1, 0.15) is 35.5 Å². The third kappa shape index (κ3) is 3.54. The van der Waals surface area contributed by atoms with E-state index in [-0.39, 0.29) is 18.3 Å². The molecule has 1 amide bonds. The van der Waals surface area contributed by atoms with Crippen molar-refractivity contribution < 1.29 is 4.79 Å². The topological polar surface area (TPSA) is 66.0 Å². The maximum absolute atomic E-state index is 12.8. The highest BCUT2D eigenvalue weighted by Crippen LogP contribution is 2.27. The molecule has 6 nitrogen and oxygen atoms in total. The van der Waals surface area contributed by atoms with E-state index >= 15 is 0 Å². The maximum Gasteiger partial charge on any atom is 0.223 e. The average molecular weight is 400 g/mol. The Balaban J connectivity index is 0.00000192. The van der Waals surface area contributed by atoms with Gasteiger partial charge in [0.15, 0.2) is 0 Å². The van der Waals surface area contributed by atoms with Crippen molar-refractivity contribution in [1.29, 1.82) is 0 Å². The second kappa shape index (κ2) is 7.97. The van der Waals surface area contributed by atoms with Crippen LogP contribution >= 0.6 is 12.4 Å². The number of hydrogen-bond donors (Lipinski definition) is 2. The first-order valence-electron chi connectivity index (χ1n) is 9.90. The lowest BCUT2D eigenvalue weighted by Crippen LogP contribution is -2.36. The van der Waals surface area contributed by atoms with Crippen molar-refractivity contribution in [3.8, 4) is 0 Å². The third-order valence-corrected chi connectivity index (χ3v) is 5.77. The van der Waals surface area contributed by atoms with Crippen molar-refractivity contribution in [3.63, 3.8) is 0 Å². The first-order chi connectivity index (χ1) is 13.3. The number of nitrogens with one attached hydrogen (secondary N) is 2. The molecule has 4 heterocycles. The molecule has 5 rings (SSSR count). The van der Waals surface area contributed by atoms with Gasteiger partial charge in [-0.25, -0.2) is 0 Å². The van der Waals surface area contributed by atoms with Gasteiger partial charge in [-0.2, -0.15) is 5.10 Å². The number of aromatic amines is 1. The Hall–Kier alpha value is -2.31. The smallest absolute Gasteiger partial charge is 0.223 e. The molecule has 3 aromatic rings. The SMILES string of the molecule is Cl.O=C(CCc1cc2n(n1)CCCNC2)N1CCc2c([nH]c3ccccc23)C1. The van der Waals surface area contributed by atoms with E-state index in [1.54, 1.807) is 0 Å². The van der Waals surface area contributed by atoms with Crippen LogP contribution in [-0.2, 0) is 37.3 Å². The number of benzene rings is 1. The van der Waals surface area contributed by atoms with E-state index in [9.17, 15) is 4.79 Å². The van der Waals surface area contributed by atoms with Crippen molar-refractivity contribution in [2.75, 3.05) is 13.1 Å². The summed E-state index contributed by atoms with van der Waals surface area (Å²) in [6, 6.07) is 10.6. The summed E-state index contributed by atoms with van der Waals surface area (Å²) in [6.07, 6.45) is 3.28. The molecule has 2 aromatic heterocycles. The largest absolute Gasteiger partial charge is 0.357 e. The molecule has 0 radical (unpaired) electrons. The minimum Gasteiger partial charge on any atom is -0.357 e. The van der Waals surface area contributed by atoms with Gasteiger partial charge in [0, 0.05) is 49.1 Å². The highest BCUT2D eigenvalue weighted by atomic mass is 35.5. The number of amides is 1. The van der Waals surface area contributed by atoms with Crippen molar-refractivity contribution in [1.82, 2.24) is 25.0 Å². The maximum atomic E-state index is 12.8. The van der Waals surface area contributed by atoms with Crippen LogP contribution in [0.4, 0.5) is 0 Å². The molecular weight excluding hydrogens is 374 g/mol. The number of rotatable bonds is 3. The average Bonchev–Trinajstić information content (AvgIpc) is 3.19. The quantitative estimate of drug-likeness (QED) is 0.711. The van der Waals surface area contributed by atoms with E-state index < -0.39 is 0 Å². The summed E-state index contributed by atoms with van der Waals surface area (Å²) < 4.78 is 2.09. The fourth-order valence-electron chi connectivity index (χ4n) is 4.34. The van der Waals surface area contributed by atoms with Crippen LogP contribution < -0.4 is 5.32 Å². The Morgan fingerprint density at radius 2 is 2.11 bits per heavy atom. The van der Waals surface area contributed by atoms with Gasteiger partial charge in [-0.1, -0.05) is 18.2 Å². The summed E-state index contributed by atoms with van der Waals surface area (Å²) in [4.78, 5) is 18.2.